The van der Waals surface area contributed by atoms with E-state index in [2.05, 4.69) is 12.2 Å². The summed E-state index contributed by atoms with van der Waals surface area (Å²) in [6.07, 6.45) is 0.809. The second kappa shape index (κ2) is 3.22. The Morgan fingerprint density at radius 2 is 2.18 bits per heavy atom. The molecule has 3 atom stereocenters. The van der Waals surface area contributed by atoms with Crippen LogP contribution in [-0.2, 0) is 4.79 Å². The van der Waals surface area contributed by atoms with Gasteiger partial charge in [-0.25, -0.2) is 0 Å². The van der Waals surface area contributed by atoms with E-state index < -0.39 is 5.97 Å². The van der Waals surface area contributed by atoms with Crippen LogP contribution in [-0.4, -0.2) is 23.7 Å². The van der Waals surface area contributed by atoms with Gasteiger partial charge in [0.15, 0.2) is 0 Å². The summed E-state index contributed by atoms with van der Waals surface area (Å²) in [4.78, 5) is 10.7. The lowest BCUT2D eigenvalue weighted by molar-refractivity contribution is -0.144. The highest BCUT2D eigenvalue weighted by molar-refractivity contribution is 5.71. The summed E-state index contributed by atoms with van der Waals surface area (Å²) >= 11 is 0. The highest BCUT2D eigenvalue weighted by Crippen LogP contribution is 2.20. The number of carboxylic acid groups (broad SMARTS) is 1. The molecular weight excluding hydrogens is 142 g/mol. The van der Waals surface area contributed by atoms with Crippen LogP contribution in [0.5, 0.6) is 0 Å². The molecule has 0 aromatic rings. The summed E-state index contributed by atoms with van der Waals surface area (Å²) in [6.45, 7) is 4.96. The van der Waals surface area contributed by atoms with Crippen molar-refractivity contribution in [3.05, 3.63) is 0 Å². The van der Waals surface area contributed by atoms with E-state index in [1.165, 1.54) is 0 Å². The van der Waals surface area contributed by atoms with Gasteiger partial charge in [0.05, 0.1) is 5.92 Å². The molecular formula is C8H15NO2. The molecule has 3 nitrogen and oxygen atoms in total. The van der Waals surface area contributed by atoms with Gasteiger partial charge in [0.2, 0.25) is 0 Å². The summed E-state index contributed by atoms with van der Waals surface area (Å²) in [5, 5.41) is 12.0. The molecule has 0 amide bonds. The fourth-order valence-electron chi connectivity index (χ4n) is 1.56. The lowest BCUT2D eigenvalue weighted by Crippen LogP contribution is -2.45. The van der Waals surface area contributed by atoms with Gasteiger partial charge >= 0.3 is 5.97 Å². The van der Waals surface area contributed by atoms with E-state index >= 15 is 0 Å². The van der Waals surface area contributed by atoms with Crippen molar-refractivity contribution in [1.82, 2.24) is 5.32 Å². The molecule has 0 aliphatic carbocycles. The van der Waals surface area contributed by atoms with Gasteiger partial charge in [-0.15, -0.1) is 0 Å². The fourth-order valence-corrected chi connectivity index (χ4v) is 1.56. The molecule has 1 rings (SSSR count). The first-order valence-corrected chi connectivity index (χ1v) is 4.07. The van der Waals surface area contributed by atoms with Crippen LogP contribution < -0.4 is 5.32 Å². The Bertz CT molecular complexity index is 158. The number of rotatable bonds is 1. The summed E-state index contributed by atoms with van der Waals surface area (Å²) in [5.41, 5.74) is 0. The summed E-state index contributed by atoms with van der Waals surface area (Å²) in [7, 11) is 0. The van der Waals surface area contributed by atoms with Crippen molar-refractivity contribution < 1.29 is 9.90 Å². The van der Waals surface area contributed by atoms with Gasteiger partial charge < -0.3 is 10.4 Å². The molecule has 3 heteroatoms. The first-order chi connectivity index (χ1) is 5.11. The standard InChI is InChI=1S/C8H15NO2/c1-5-3-7(8(10)11)6(2)9-4-5/h5-7,9H,3-4H2,1-2H3,(H,10,11). The van der Waals surface area contributed by atoms with Crippen molar-refractivity contribution in [3.63, 3.8) is 0 Å². The molecule has 2 N–H and O–H groups in total. The zero-order chi connectivity index (χ0) is 8.43. The Morgan fingerprint density at radius 3 is 2.64 bits per heavy atom. The fraction of sp³-hybridized carbons (Fsp3) is 0.875. The van der Waals surface area contributed by atoms with Gasteiger partial charge in [-0.05, 0) is 25.8 Å². The minimum absolute atomic E-state index is 0.128. The highest BCUT2D eigenvalue weighted by Gasteiger charge is 2.30. The third-order valence-corrected chi connectivity index (χ3v) is 2.37. The molecule has 1 aliphatic rings. The monoisotopic (exact) mass is 157 g/mol. The van der Waals surface area contributed by atoms with E-state index in [0.717, 1.165) is 13.0 Å². The molecule has 1 saturated heterocycles. The van der Waals surface area contributed by atoms with Crippen molar-refractivity contribution in [3.8, 4) is 0 Å². The molecule has 1 heterocycles. The van der Waals surface area contributed by atoms with Gasteiger partial charge in [0, 0.05) is 6.04 Å². The van der Waals surface area contributed by atoms with Crippen LogP contribution in [0.1, 0.15) is 20.3 Å². The van der Waals surface area contributed by atoms with E-state index in [0.29, 0.717) is 5.92 Å². The average molecular weight is 157 g/mol. The Labute approximate surface area is 66.8 Å². The molecule has 0 radical (unpaired) electrons. The molecule has 0 aromatic carbocycles. The van der Waals surface area contributed by atoms with E-state index in [4.69, 9.17) is 5.11 Å². The maximum atomic E-state index is 10.7. The van der Waals surface area contributed by atoms with Crippen LogP contribution in [0.15, 0.2) is 0 Å². The van der Waals surface area contributed by atoms with Crippen LogP contribution in [0, 0.1) is 11.8 Å². The van der Waals surface area contributed by atoms with Crippen molar-refractivity contribution >= 4 is 5.97 Å². The molecule has 1 aliphatic heterocycles. The summed E-state index contributed by atoms with van der Waals surface area (Å²) < 4.78 is 0. The Hall–Kier alpha value is -0.570. The van der Waals surface area contributed by atoms with Gasteiger partial charge in [0.25, 0.3) is 0 Å². The first kappa shape index (κ1) is 8.53. The smallest absolute Gasteiger partial charge is 0.308 e. The summed E-state index contributed by atoms with van der Waals surface area (Å²) in [5.74, 6) is -0.373. The largest absolute Gasteiger partial charge is 0.481 e. The minimum atomic E-state index is -0.670. The summed E-state index contributed by atoms with van der Waals surface area (Å²) in [6, 6.07) is 0.128. The second-order valence-electron chi connectivity index (χ2n) is 3.48. The lowest BCUT2D eigenvalue weighted by atomic mass is 9.86. The first-order valence-electron chi connectivity index (χ1n) is 4.07. The number of piperidine rings is 1. The van der Waals surface area contributed by atoms with Crippen LogP contribution in [0.3, 0.4) is 0 Å². The highest BCUT2D eigenvalue weighted by atomic mass is 16.4. The SMILES string of the molecule is CC1CNC(C)C(C(=O)O)C1. The molecule has 1 fully saturated rings. The molecule has 0 aromatic heterocycles. The van der Waals surface area contributed by atoms with Crippen molar-refractivity contribution in [2.24, 2.45) is 11.8 Å². The van der Waals surface area contributed by atoms with Crippen LogP contribution in [0.25, 0.3) is 0 Å². The normalized spacial score (nSPS) is 38.5. The van der Waals surface area contributed by atoms with Crippen molar-refractivity contribution in [2.45, 2.75) is 26.3 Å². The van der Waals surface area contributed by atoms with E-state index in [9.17, 15) is 4.79 Å². The van der Waals surface area contributed by atoms with Gasteiger partial charge in [-0.1, -0.05) is 6.92 Å². The van der Waals surface area contributed by atoms with Gasteiger partial charge in [0.1, 0.15) is 0 Å². The molecule has 64 valence electrons. The third-order valence-electron chi connectivity index (χ3n) is 2.37. The number of nitrogens with one attached hydrogen (secondary N) is 1. The number of hydrogen-bond donors (Lipinski definition) is 2. The minimum Gasteiger partial charge on any atom is -0.481 e. The second-order valence-corrected chi connectivity index (χ2v) is 3.48. The molecule has 3 unspecified atom stereocenters. The van der Waals surface area contributed by atoms with E-state index in [1.807, 2.05) is 6.92 Å². The van der Waals surface area contributed by atoms with E-state index in [1.54, 1.807) is 0 Å². The van der Waals surface area contributed by atoms with E-state index in [-0.39, 0.29) is 12.0 Å². The van der Waals surface area contributed by atoms with Crippen LogP contribution in [0.2, 0.25) is 0 Å². The number of aliphatic carboxylic acids is 1. The Balaban J connectivity index is 2.54. The van der Waals surface area contributed by atoms with Gasteiger partial charge in [-0.3, -0.25) is 4.79 Å². The zero-order valence-corrected chi connectivity index (χ0v) is 7.00. The Morgan fingerprint density at radius 1 is 1.55 bits per heavy atom. The van der Waals surface area contributed by atoms with Gasteiger partial charge in [-0.2, -0.15) is 0 Å². The van der Waals surface area contributed by atoms with Crippen molar-refractivity contribution in [2.75, 3.05) is 6.54 Å². The average Bonchev–Trinajstić information content (AvgIpc) is 1.94. The predicted molar refractivity (Wildman–Crippen MR) is 42.4 cm³/mol. The number of carboxylic acids is 1. The van der Waals surface area contributed by atoms with Crippen LogP contribution in [0.4, 0.5) is 0 Å². The third kappa shape index (κ3) is 1.93. The topological polar surface area (TPSA) is 49.3 Å². The maximum absolute atomic E-state index is 10.7. The quantitative estimate of drug-likeness (QED) is 0.589. The predicted octanol–water partition coefficient (Wildman–Crippen LogP) is 0.705. The molecule has 0 spiro atoms. The number of hydrogen-bond acceptors (Lipinski definition) is 2. The van der Waals surface area contributed by atoms with Crippen LogP contribution >= 0.6 is 0 Å². The number of carbonyl (C=O) groups is 1. The lowest BCUT2D eigenvalue weighted by Gasteiger charge is -2.30. The molecule has 11 heavy (non-hydrogen) atoms. The maximum Gasteiger partial charge on any atom is 0.308 e. The molecule has 0 bridgehead atoms. The zero-order valence-electron chi connectivity index (χ0n) is 7.00. The molecule has 0 saturated carbocycles. The Kier molecular flexibility index (Phi) is 2.49. The van der Waals surface area contributed by atoms with Crippen molar-refractivity contribution in [1.29, 1.82) is 0 Å².